The number of nitrogens with one attached hydrogen (secondary N) is 2. The first-order valence-electron chi connectivity index (χ1n) is 7.97. The third kappa shape index (κ3) is 2.85. The van der Waals surface area contributed by atoms with Crippen LogP contribution in [0.1, 0.15) is 24.2 Å². The van der Waals surface area contributed by atoms with Crippen molar-refractivity contribution in [3.8, 4) is 16.9 Å². The number of fused-ring (bicyclic) bond motifs is 1. The zero-order chi connectivity index (χ0) is 19.1. The Hall–Kier alpha value is -3.09. The fourth-order valence-electron chi connectivity index (χ4n) is 2.93. The predicted molar refractivity (Wildman–Crippen MR) is 96.1 cm³/mol. The number of carbonyl (C=O) groups excluding carboxylic acids is 2. The highest BCUT2D eigenvalue weighted by atomic mass is 19.1. The summed E-state index contributed by atoms with van der Waals surface area (Å²) in [6.07, 6.45) is 0. The maximum Gasteiger partial charge on any atom is 0.340 e. The molecule has 2 N–H and O–H groups in total. The van der Waals surface area contributed by atoms with Gasteiger partial charge >= 0.3 is 5.97 Å². The van der Waals surface area contributed by atoms with Gasteiger partial charge in [-0.15, -0.1) is 0 Å². The Bertz CT molecular complexity index is 909. The molecule has 3 rings (SSSR count). The van der Waals surface area contributed by atoms with Crippen molar-refractivity contribution >= 4 is 23.3 Å². The zero-order valence-corrected chi connectivity index (χ0v) is 14.9. The Morgan fingerprint density at radius 1 is 1.12 bits per heavy atom. The number of amides is 1. The molecule has 0 unspecified atom stereocenters. The lowest BCUT2D eigenvalue weighted by atomic mass is 9.92. The average molecular weight is 358 g/mol. The Labute approximate surface area is 150 Å². The molecule has 26 heavy (non-hydrogen) atoms. The summed E-state index contributed by atoms with van der Waals surface area (Å²) in [6.45, 7) is 3.46. The van der Waals surface area contributed by atoms with Gasteiger partial charge in [-0.25, -0.2) is 9.18 Å². The van der Waals surface area contributed by atoms with Crippen LogP contribution in [0.2, 0.25) is 0 Å². The summed E-state index contributed by atoms with van der Waals surface area (Å²) >= 11 is 0. The van der Waals surface area contributed by atoms with E-state index < -0.39 is 17.3 Å². The Morgan fingerprint density at radius 3 is 2.50 bits per heavy atom. The topological polar surface area (TPSA) is 76.7 Å². The van der Waals surface area contributed by atoms with Crippen molar-refractivity contribution < 1.29 is 23.5 Å². The highest BCUT2D eigenvalue weighted by Gasteiger charge is 2.36. The first-order chi connectivity index (χ1) is 12.3. The molecule has 0 saturated heterocycles. The smallest absolute Gasteiger partial charge is 0.340 e. The van der Waals surface area contributed by atoms with E-state index in [0.29, 0.717) is 28.3 Å². The lowest BCUT2D eigenvalue weighted by Crippen LogP contribution is -2.48. The van der Waals surface area contributed by atoms with Crippen molar-refractivity contribution in [2.75, 3.05) is 24.9 Å². The standard InChI is InChI=1S/C19H19FN2O4/c1-19(2)18(24)21-16-13(22-19)7-6-11(15(16)17(23)26-4)12-9-10(20)5-8-14(12)25-3/h5-9,22H,1-4H3,(H,21,24). The molecule has 1 amide bonds. The predicted octanol–water partition coefficient (Wildman–Crippen LogP) is 3.43. The minimum atomic E-state index is -0.835. The van der Waals surface area contributed by atoms with Crippen molar-refractivity contribution in [3.63, 3.8) is 0 Å². The molecule has 0 fully saturated rings. The van der Waals surface area contributed by atoms with Gasteiger partial charge in [-0.2, -0.15) is 0 Å². The summed E-state index contributed by atoms with van der Waals surface area (Å²) in [5.41, 5.74) is 0.950. The van der Waals surface area contributed by atoms with E-state index in [2.05, 4.69) is 10.6 Å². The monoisotopic (exact) mass is 358 g/mol. The molecule has 1 aliphatic rings. The van der Waals surface area contributed by atoms with E-state index in [0.717, 1.165) is 0 Å². The molecule has 2 aromatic carbocycles. The summed E-state index contributed by atoms with van der Waals surface area (Å²) in [7, 11) is 2.70. The first-order valence-corrected chi connectivity index (χ1v) is 7.97. The molecule has 0 aliphatic carbocycles. The molecule has 0 atom stereocenters. The maximum absolute atomic E-state index is 13.8. The van der Waals surface area contributed by atoms with Crippen LogP contribution in [-0.2, 0) is 9.53 Å². The van der Waals surface area contributed by atoms with Crippen LogP contribution in [0.15, 0.2) is 30.3 Å². The number of ether oxygens (including phenoxy) is 2. The summed E-state index contributed by atoms with van der Waals surface area (Å²) in [6, 6.07) is 7.41. The van der Waals surface area contributed by atoms with Crippen LogP contribution in [0.3, 0.4) is 0 Å². The number of benzene rings is 2. The molecule has 2 aromatic rings. The minimum absolute atomic E-state index is 0.130. The van der Waals surface area contributed by atoms with Crippen LogP contribution < -0.4 is 15.4 Å². The molecule has 1 aliphatic heterocycles. The Balaban J connectivity index is 2.29. The molecule has 0 radical (unpaired) electrons. The summed E-state index contributed by atoms with van der Waals surface area (Å²) in [5, 5.41) is 5.86. The minimum Gasteiger partial charge on any atom is -0.496 e. The van der Waals surface area contributed by atoms with Gasteiger partial charge in [0, 0.05) is 11.1 Å². The molecule has 0 bridgehead atoms. The average Bonchev–Trinajstić information content (AvgIpc) is 2.61. The van der Waals surface area contributed by atoms with Crippen LogP contribution in [-0.4, -0.2) is 31.6 Å². The summed E-state index contributed by atoms with van der Waals surface area (Å²) in [4.78, 5) is 24.9. The van der Waals surface area contributed by atoms with E-state index in [9.17, 15) is 14.0 Å². The third-order valence-electron chi connectivity index (χ3n) is 4.30. The number of hydrogen-bond donors (Lipinski definition) is 2. The molecule has 0 aromatic heterocycles. The van der Waals surface area contributed by atoms with Crippen molar-refractivity contribution in [2.24, 2.45) is 0 Å². The van der Waals surface area contributed by atoms with Gasteiger partial charge in [0.2, 0.25) is 5.91 Å². The van der Waals surface area contributed by atoms with Gasteiger partial charge < -0.3 is 20.1 Å². The second-order valence-corrected chi connectivity index (χ2v) is 6.45. The Kier molecular flexibility index (Phi) is 4.31. The number of esters is 1. The van der Waals surface area contributed by atoms with Gasteiger partial charge in [0.25, 0.3) is 0 Å². The number of halogens is 1. The van der Waals surface area contributed by atoms with Gasteiger partial charge in [-0.3, -0.25) is 4.79 Å². The number of anilines is 2. The molecule has 6 nitrogen and oxygen atoms in total. The van der Waals surface area contributed by atoms with Gasteiger partial charge in [-0.05, 0) is 38.1 Å². The number of rotatable bonds is 3. The molecule has 1 heterocycles. The molecule has 0 spiro atoms. The largest absolute Gasteiger partial charge is 0.496 e. The van der Waals surface area contributed by atoms with E-state index in [-0.39, 0.29) is 11.5 Å². The van der Waals surface area contributed by atoms with E-state index in [1.54, 1.807) is 26.0 Å². The fourth-order valence-corrected chi connectivity index (χ4v) is 2.93. The van der Waals surface area contributed by atoms with Crippen LogP contribution in [0.4, 0.5) is 15.8 Å². The van der Waals surface area contributed by atoms with Crippen LogP contribution >= 0.6 is 0 Å². The van der Waals surface area contributed by atoms with Crippen molar-refractivity contribution in [1.82, 2.24) is 0 Å². The van der Waals surface area contributed by atoms with E-state index >= 15 is 0 Å². The summed E-state index contributed by atoms with van der Waals surface area (Å²) in [5.74, 6) is -1.02. The van der Waals surface area contributed by atoms with Crippen molar-refractivity contribution in [2.45, 2.75) is 19.4 Å². The number of hydrogen-bond acceptors (Lipinski definition) is 5. The normalized spacial score (nSPS) is 14.7. The van der Waals surface area contributed by atoms with E-state index in [4.69, 9.17) is 9.47 Å². The lowest BCUT2D eigenvalue weighted by molar-refractivity contribution is -0.119. The van der Waals surface area contributed by atoms with E-state index in [1.807, 2.05) is 0 Å². The highest BCUT2D eigenvalue weighted by molar-refractivity contribution is 6.14. The third-order valence-corrected chi connectivity index (χ3v) is 4.30. The Morgan fingerprint density at radius 2 is 1.85 bits per heavy atom. The second-order valence-electron chi connectivity index (χ2n) is 6.45. The SMILES string of the molecule is COC(=O)c1c(-c2cc(F)ccc2OC)ccc2c1NC(=O)C(C)(C)N2. The van der Waals surface area contributed by atoms with Crippen molar-refractivity contribution in [3.05, 3.63) is 41.7 Å². The molecular formula is C19H19FN2O4. The molecular weight excluding hydrogens is 339 g/mol. The lowest BCUT2D eigenvalue weighted by Gasteiger charge is -2.34. The van der Waals surface area contributed by atoms with Crippen LogP contribution in [0.5, 0.6) is 5.75 Å². The van der Waals surface area contributed by atoms with E-state index in [1.165, 1.54) is 32.4 Å². The fraction of sp³-hybridized carbons (Fsp3) is 0.263. The number of methoxy groups -OCH3 is 2. The van der Waals surface area contributed by atoms with Crippen molar-refractivity contribution in [1.29, 1.82) is 0 Å². The molecule has 7 heteroatoms. The first kappa shape index (κ1) is 17.7. The highest BCUT2D eigenvalue weighted by Crippen LogP contribution is 2.42. The van der Waals surface area contributed by atoms with Gasteiger partial charge in [0.1, 0.15) is 17.1 Å². The quantitative estimate of drug-likeness (QED) is 0.822. The van der Waals surface area contributed by atoms with Gasteiger partial charge in [0.05, 0.1) is 31.2 Å². The molecule has 136 valence electrons. The van der Waals surface area contributed by atoms with Crippen LogP contribution in [0, 0.1) is 5.82 Å². The second kappa shape index (κ2) is 6.33. The van der Waals surface area contributed by atoms with Gasteiger partial charge in [-0.1, -0.05) is 6.07 Å². The number of carbonyl (C=O) groups is 2. The van der Waals surface area contributed by atoms with Crippen LogP contribution in [0.25, 0.3) is 11.1 Å². The zero-order valence-electron chi connectivity index (χ0n) is 14.9. The molecule has 0 saturated carbocycles. The maximum atomic E-state index is 13.8. The van der Waals surface area contributed by atoms with Gasteiger partial charge in [0.15, 0.2) is 0 Å². The summed E-state index contributed by atoms with van der Waals surface area (Å²) < 4.78 is 24.0.